The first-order chi connectivity index (χ1) is 11.3. The Balaban J connectivity index is 1.88. The van der Waals surface area contributed by atoms with Crippen molar-refractivity contribution in [3.8, 4) is 0 Å². The SMILES string of the molecule is Cc1nn(C)cc1C(C)NS(=O)(=O)c1ccc2c(c1)N(C)CCC2. The van der Waals surface area contributed by atoms with Crippen molar-refractivity contribution in [3.05, 3.63) is 41.2 Å². The largest absolute Gasteiger partial charge is 0.374 e. The van der Waals surface area contributed by atoms with Crippen LogP contribution >= 0.6 is 0 Å². The van der Waals surface area contributed by atoms with Gasteiger partial charge in [0, 0.05) is 44.1 Å². The average molecular weight is 348 g/mol. The van der Waals surface area contributed by atoms with Crippen LogP contribution in [0, 0.1) is 6.92 Å². The van der Waals surface area contributed by atoms with Gasteiger partial charge < -0.3 is 4.90 Å². The van der Waals surface area contributed by atoms with Gasteiger partial charge >= 0.3 is 0 Å². The lowest BCUT2D eigenvalue weighted by atomic mass is 10.0. The standard InChI is InChI=1S/C17H24N4O2S/c1-12-16(11-21(4)18-12)13(2)19-24(22,23)15-8-7-14-6-5-9-20(3)17(14)10-15/h7-8,10-11,13,19H,5-6,9H2,1-4H3. The van der Waals surface area contributed by atoms with Crippen LogP contribution in [0.3, 0.4) is 0 Å². The maximum atomic E-state index is 12.8. The van der Waals surface area contributed by atoms with Crippen LogP contribution in [-0.4, -0.2) is 31.8 Å². The molecule has 2 heterocycles. The Morgan fingerprint density at radius 1 is 1.29 bits per heavy atom. The second-order valence-corrected chi connectivity index (χ2v) is 8.22. The highest BCUT2D eigenvalue weighted by Gasteiger charge is 2.23. The van der Waals surface area contributed by atoms with E-state index in [1.807, 2.05) is 40.2 Å². The Morgan fingerprint density at radius 3 is 2.71 bits per heavy atom. The monoisotopic (exact) mass is 348 g/mol. The molecule has 0 bridgehead atoms. The molecule has 1 unspecified atom stereocenters. The topological polar surface area (TPSA) is 67.2 Å². The third-order valence-corrected chi connectivity index (χ3v) is 6.11. The molecule has 2 aromatic rings. The minimum Gasteiger partial charge on any atom is -0.374 e. The Labute approximate surface area is 143 Å². The second-order valence-electron chi connectivity index (χ2n) is 6.50. The molecule has 1 aromatic heterocycles. The summed E-state index contributed by atoms with van der Waals surface area (Å²) in [6, 6.07) is 5.07. The molecule has 3 rings (SSSR count). The smallest absolute Gasteiger partial charge is 0.241 e. The molecule has 6 nitrogen and oxygen atoms in total. The van der Waals surface area contributed by atoms with E-state index in [4.69, 9.17) is 0 Å². The first kappa shape index (κ1) is 17.0. The second kappa shape index (κ2) is 6.22. The van der Waals surface area contributed by atoms with Gasteiger partial charge in [0.1, 0.15) is 0 Å². The van der Waals surface area contributed by atoms with Gasteiger partial charge in [0.2, 0.25) is 10.0 Å². The van der Waals surface area contributed by atoms with E-state index in [-0.39, 0.29) is 6.04 Å². The van der Waals surface area contributed by atoms with Crippen LogP contribution < -0.4 is 9.62 Å². The number of hydrogen-bond acceptors (Lipinski definition) is 4. The molecular formula is C17H24N4O2S. The lowest BCUT2D eigenvalue weighted by Gasteiger charge is -2.28. The summed E-state index contributed by atoms with van der Waals surface area (Å²) < 4.78 is 30.0. The number of fused-ring (bicyclic) bond motifs is 1. The zero-order valence-electron chi connectivity index (χ0n) is 14.6. The molecule has 0 spiro atoms. The van der Waals surface area contributed by atoms with E-state index in [1.165, 1.54) is 5.56 Å². The maximum absolute atomic E-state index is 12.8. The molecule has 0 amide bonds. The normalized spacial score (nSPS) is 16.1. The highest BCUT2D eigenvalue weighted by Crippen LogP contribution is 2.29. The number of rotatable bonds is 4. The van der Waals surface area contributed by atoms with E-state index in [0.717, 1.165) is 36.3 Å². The van der Waals surface area contributed by atoms with Gasteiger partial charge in [-0.15, -0.1) is 0 Å². The molecule has 0 fully saturated rings. The van der Waals surface area contributed by atoms with Crippen LogP contribution in [0.25, 0.3) is 0 Å². The van der Waals surface area contributed by atoms with Gasteiger partial charge in [0.15, 0.2) is 0 Å². The molecule has 0 saturated carbocycles. The van der Waals surface area contributed by atoms with Crippen LogP contribution in [0.4, 0.5) is 5.69 Å². The zero-order valence-corrected chi connectivity index (χ0v) is 15.4. The van der Waals surface area contributed by atoms with Crippen LogP contribution in [0.15, 0.2) is 29.3 Å². The summed E-state index contributed by atoms with van der Waals surface area (Å²) in [5.41, 5.74) is 3.93. The van der Waals surface area contributed by atoms with Crippen LogP contribution in [0.2, 0.25) is 0 Å². The highest BCUT2D eigenvalue weighted by molar-refractivity contribution is 7.89. The molecule has 7 heteroatoms. The molecule has 0 aliphatic carbocycles. The van der Waals surface area contributed by atoms with Crippen molar-refractivity contribution in [1.29, 1.82) is 0 Å². The van der Waals surface area contributed by atoms with E-state index in [0.29, 0.717) is 4.90 Å². The van der Waals surface area contributed by atoms with Gasteiger partial charge in [-0.2, -0.15) is 5.10 Å². The van der Waals surface area contributed by atoms with Gasteiger partial charge in [-0.05, 0) is 44.4 Å². The third-order valence-electron chi connectivity index (χ3n) is 4.57. The fourth-order valence-corrected chi connectivity index (χ4v) is 4.55. The molecule has 1 N–H and O–H groups in total. The van der Waals surface area contributed by atoms with Gasteiger partial charge in [0.25, 0.3) is 0 Å². The quantitative estimate of drug-likeness (QED) is 0.919. The molecule has 1 aliphatic rings. The molecular weight excluding hydrogens is 324 g/mol. The molecule has 1 atom stereocenters. The van der Waals surface area contributed by atoms with E-state index in [9.17, 15) is 8.42 Å². The Hall–Kier alpha value is -1.86. The van der Waals surface area contributed by atoms with Gasteiger partial charge in [-0.3, -0.25) is 4.68 Å². The number of sulfonamides is 1. The van der Waals surface area contributed by atoms with Crippen molar-refractivity contribution in [2.75, 3.05) is 18.5 Å². The number of benzene rings is 1. The fourth-order valence-electron chi connectivity index (χ4n) is 3.31. The number of aryl methyl sites for hydroxylation is 3. The van der Waals surface area contributed by atoms with Crippen molar-refractivity contribution >= 4 is 15.7 Å². The summed E-state index contributed by atoms with van der Waals surface area (Å²) >= 11 is 0. The molecule has 0 radical (unpaired) electrons. The van der Waals surface area contributed by atoms with Crippen molar-refractivity contribution in [3.63, 3.8) is 0 Å². The lowest BCUT2D eigenvalue weighted by Crippen LogP contribution is -2.28. The average Bonchev–Trinajstić information content (AvgIpc) is 2.86. The fraction of sp³-hybridized carbons (Fsp3) is 0.471. The number of anilines is 1. The minimum atomic E-state index is -3.59. The maximum Gasteiger partial charge on any atom is 0.241 e. The van der Waals surface area contributed by atoms with E-state index < -0.39 is 10.0 Å². The van der Waals surface area contributed by atoms with Crippen LogP contribution in [-0.2, 0) is 23.5 Å². The number of aromatic nitrogens is 2. The van der Waals surface area contributed by atoms with Gasteiger partial charge in [-0.25, -0.2) is 13.1 Å². The molecule has 1 aromatic carbocycles. The summed E-state index contributed by atoms with van der Waals surface area (Å²) in [7, 11) is 0.248. The summed E-state index contributed by atoms with van der Waals surface area (Å²) in [5, 5.41) is 4.28. The molecule has 130 valence electrons. The van der Waals surface area contributed by atoms with Crippen LogP contribution in [0.1, 0.15) is 36.2 Å². The zero-order chi connectivity index (χ0) is 17.5. The van der Waals surface area contributed by atoms with Crippen molar-refractivity contribution in [2.45, 2.75) is 37.6 Å². The Bertz CT molecular complexity index is 857. The predicted molar refractivity (Wildman–Crippen MR) is 94.7 cm³/mol. The van der Waals surface area contributed by atoms with Gasteiger partial charge in [0.05, 0.1) is 10.6 Å². The first-order valence-electron chi connectivity index (χ1n) is 8.14. The van der Waals surface area contributed by atoms with Gasteiger partial charge in [-0.1, -0.05) is 6.07 Å². The summed E-state index contributed by atoms with van der Waals surface area (Å²) in [4.78, 5) is 2.43. The van der Waals surface area contributed by atoms with Crippen molar-refractivity contribution in [1.82, 2.24) is 14.5 Å². The molecule has 1 aliphatic heterocycles. The third kappa shape index (κ3) is 3.18. The molecule has 24 heavy (non-hydrogen) atoms. The predicted octanol–water partition coefficient (Wildman–Crippen LogP) is 2.15. The number of nitrogens with zero attached hydrogens (tertiary/aromatic N) is 3. The van der Waals surface area contributed by atoms with E-state index in [2.05, 4.69) is 14.7 Å². The lowest BCUT2D eigenvalue weighted by molar-refractivity contribution is 0.566. The Morgan fingerprint density at radius 2 is 2.04 bits per heavy atom. The minimum absolute atomic E-state index is 0.309. The number of nitrogens with one attached hydrogen (secondary N) is 1. The van der Waals surface area contributed by atoms with E-state index >= 15 is 0 Å². The molecule has 0 saturated heterocycles. The highest BCUT2D eigenvalue weighted by atomic mass is 32.2. The van der Waals surface area contributed by atoms with Crippen molar-refractivity contribution < 1.29 is 8.42 Å². The van der Waals surface area contributed by atoms with Crippen molar-refractivity contribution in [2.24, 2.45) is 7.05 Å². The first-order valence-corrected chi connectivity index (χ1v) is 9.63. The summed E-state index contributed by atoms with van der Waals surface area (Å²) in [6.07, 6.45) is 3.95. The number of hydrogen-bond donors (Lipinski definition) is 1. The Kier molecular flexibility index (Phi) is 4.40. The summed E-state index contributed by atoms with van der Waals surface area (Å²) in [5.74, 6) is 0. The summed E-state index contributed by atoms with van der Waals surface area (Å²) in [6.45, 7) is 4.68. The van der Waals surface area contributed by atoms with E-state index in [1.54, 1.807) is 16.8 Å². The van der Waals surface area contributed by atoms with Crippen LogP contribution in [0.5, 0.6) is 0 Å².